The molecule has 4 aromatic rings. The van der Waals surface area contributed by atoms with Crippen LogP contribution in [-0.4, -0.2) is 16.0 Å². The molecule has 0 atom stereocenters. The van der Waals surface area contributed by atoms with E-state index in [2.05, 4.69) is 39.7 Å². The van der Waals surface area contributed by atoms with Crippen LogP contribution in [-0.2, 0) is 0 Å². The van der Waals surface area contributed by atoms with E-state index in [4.69, 9.17) is 4.52 Å². The summed E-state index contributed by atoms with van der Waals surface area (Å²) >= 11 is 1.37. The molecule has 0 saturated carbocycles. The molecule has 2 aromatic heterocycles. The molecule has 0 aliphatic heterocycles. The standard InChI is InChI=1S/C17H11N3O2S/c21-16(15-7-8-18-22-15)20-17-19-14(10-23-17)13-6-5-11-3-1-2-4-12(11)9-13/h1-10H,(H,19,20,21). The second kappa shape index (κ2) is 5.66. The predicted octanol–water partition coefficient (Wildman–Crippen LogP) is 4.20. The second-order valence-corrected chi connectivity index (χ2v) is 5.79. The van der Waals surface area contributed by atoms with E-state index in [-0.39, 0.29) is 11.7 Å². The highest BCUT2D eigenvalue weighted by molar-refractivity contribution is 7.14. The topological polar surface area (TPSA) is 68.0 Å². The number of hydrogen-bond acceptors (Lipinski definition) is 5. The highest BCUT2D eigenvalue weighted by atomic mass is 32.1. The van der Waals surface area contributed by atoms with Crippen molar-refractivity contribution in [2.45, 2.75) is 0 Å². The SMILES string of the molecule is O=C(Nc1nc(-c2ccc3ccccc3c2)cs1)c1ccno1. The largest absolute Gasteiger partial charge is 0.351 e. The van der Waals surface area contributed by atoms with Crippen LogP contribution in [0.1, 0.15) is 10.6 Å². The lowest BCUT2D eigenvalue weighted by molar-refractivity contribution is 0.0988. The minimum absolute atomic E-state index is 0.160. The maximum atomic E-state index is 11.9. The monoisotopic (exact) mass is 321 g/mol. The molecule has 2 heterocycles. The Hall–Kier alpha value is -2.99. The summed E-state index contributed by atoms with van der Waals surface area (Å²) in [6, 6.07) is 15.9. The third kappa shape index (κ3) is 2.72. The highest BCUT2D eigenvalue weighted by Crippen LogP contribution is 2.27. The molecule has 0 fully saturated rings. The van der Waals surface area contributed by atoms with E-state index in [0.717, 1.165) is 16.6 Å². The summed E-state index contributed by atoms with van der Waals surface area (Å²) in [5.41, 5.74) is 1.84. The van der Waals surface area contributed by atoms with Crippen LogP contribution in [0.25, 0.3) is 22.0 Å². The Morgan fingerprint density at radius 3 is 2.78 bits per heavy atom. The van der Waals surface area contributed by atoms with Crippen LogP contribution >= 0.6 is 11.3 Å². The van der Waals surface area contributed by atoms with Crippen molar-refractivity contribution in [3.05, 3.63) is 65.9 Å². The van der Waals surface area contributed by atoms with E-state index >= 15 is 0 Å². The minimum atomic E-state index is -0.359. The quantitative estimate of drug-likeness (QED) is 0.614. The number of rotatable bonds is 3. The fourth-order valence-corrected chi connectivity index (χ4v) is 3.02. The number of nitrogens with one attached hydrogen (secondary N) is 1. The van der Waals surface area contributed by atoms with Crippen LogP contribution in [0.4, 0.5) is 5.13 Å². The Balaban J connectivity index is 1.60. The van der Waals surface area contributed by atoms with Gasteiger partial charge < -0.3 is 4.52 Å². The third-order valence-electron chi connectivity index (χ3n) is 3.43. The summed E-state index contributed by atoms with van der Waals surface area (Å²) in [6.07, 6.45) is 1.43. The van der Waals surface area contributed by atoms with Crippen LogP contribution in [0.5, 0.6) is 0 Å². The van der Waals surface area contributed by atoms with Gasteiger partial charge in [-0.05, 0) is 16.8 Å². The average molecular weight is 321 g/mol. The van der Waals surface area contributed by atoms with Crippen molar-refractivity contribution in [2.24, 2.45) is 0 Å². The molecule has 0 aliphatic carbocycles. The molecular formula is C17H11N3O2S. The predicted molar refractivity (Wildman–Crippen MR) is 89.5 cm³/mol. The van der Waals surface area contributed by atoms with Gasteiger partial charge in [0.1, 0.15) is 0 Å². The van der Waals surface area contributed by atoms with E-state index in [1.807, 2.05) is 23.6 Å². The van der Waals surface area contributed by atoms with Crippen LogP contribution in [0.2, 0.25) is 0 Å². The Labute approximate surface area is 135 Å². The van der Waals surface area contributed by atoms with Crippen molar-refractivity contribution >= 4 is 33.1 Å². The van der Waals surface area contributed by atoms with E-state index in [1.54, 1.807) is 0 Å². The van der Waals surface area contributed by atoms with Crippen molar-refractivity contribution in [2.75, 3.05) is 5.32 Å². The summed E-state index contributed by atoms with van der Waals surface area (Å²) in [6.45, 7) is 0. The zero-order valence-corrected chi connectivity index (χ0v) is 12.7. The van der Waals surface area contributed by atoms with Crippen molar-refractivity contribution in [1.82, 2.24) is 10.1 Å². The molecule has 5 nitrogen and oxygen atoms in total. The van der Waals surface area contributed by atoms with Gasteiger partial charge in [0.25, 0.3) is 5.91 Å². The molecule has 6 heteroatoms. The molecule has 0 radical (unpaired) electrons. The van der Waals surface area contributed by atoms with Crippen LogP contribution in [0.15, 0.2) is 64.6 Å². The molecule has 0 unspecified atom stereocenters. The highest BCUT2D eigenvalue weighted by Gasteiger charge is 2.13. The lowest BCUT2D eigenvalue weighted by atomic mass is 10.1. The first-order valence-electron chi connectivity index (χ1n) is 6.96. The van der Waals surface area contributed by atoms with Gasteiger partial charge in [-0.2, -0.15) is 0 Å². The summed E-state index contributed by atoms with van der Waals surface area (Å²) < 4.78 is 4.82. The number of nitrogens with zero attached hydrogens (tertiary/aromatic N) is 2. The van der Waals surface area contributed by atoms with Gasteiger partial charge in [-0.3, -0.25) is 10.1 Å². The Kier molecular flexibility index (Phi) is 3.36. The van der Waals surface area contributed by atoms with E-state index < -0.39 is 0 Å². The molecule has 4 rings (SSSR count). The van der Waals surface area contributed by atoms with E-state index in [0.29, 0.717) is 5.13 Å². The Bertz CT molecular complexity index is 976. The number of hydrogen-bond donors (Lipinski definition) is 1. The second-order valence-electron chi connectivity index (χ2n) is 4.93. The molecule has 1 N–H and O–H groups in total. The van der Waals surface area contributed by atoms with Gasteiger partial charge in [0.2, 0.25) is 5.76 Å². The lowest BCUT2D eigenvalue weighted by Gasteiger charge is -2.01. The van der Waals surface area contributed by atoms with Crippen molar-refractivity contribution in [3.63, 3.8) is 0 Å². The number of carbonyl (C=O) groups excluding carboxylic acids is 1. The Morgan fingerprint density at radius 1 is 1.09 bits per heavy atom. The first-order valence-corrected chi connectivity index (χ1v) is 7.84. The third-order valence-corrected chi connectivity index (χ3v) is 4.19. The van der Waals surface area contributed by atoms with Crippen LogP contribution in [0, 0.1) is 0 Å². The summed E-state index contributed by atoms with van der Waals surface area (Å²) in [5, 5.41) is 11.0. The normalized spacial score (nSPS) is 10.8. The minimum Gasteiger partial charge on any atom is -0.351 e. The van der Waals surface area contributed by atoms with Gasteiger partial charge in [0.05, 0.1) is 11.9 Å². The van der Waals surface area contributed by atoms with Crippen molar-refractivity contribution in [3.8, 4) is 11.3 Å². The molecule has 23 heavy (non-hydrogen) atoms. The number of carbonyl (C=O) groups is 1. The fourth-order valence-electron chi connectivity index (χ4n) is 2.30. The van der Waals surface area contributed by atoms with Gasteiger partial charge in [-0.25, -0.2) is 4.98 Å². The number of amides is 1. The lowest BCUT2D eigenvalue weighted by Crippen LogP contribution is -2.10. The molecule has 0 aliphatic rings. The van der Waals surface area contributed by atoms with Crippen LogP contribution in [0.3, 0.4) is 0 Å². The number of thiazole rings is 1. The molecule has 2 aromatic carbocycles. The Morgan fingerprint density at radius 2 is 1.96 bits per heavy atom. The van der Waals surface area contributed by atoms with Gasteiger partial charge >= 0.3 is 0 Å². The van der Waals surface area contributed by atoms with Crippen molar-refractivity contribution < 1.29 is 9.32 Å². The number of anilines is 1. The molecule has 112 valence electrons. The molecule has 0 bridgehead atoms. The van der Waals surface area contributed by atoms with Gasteiger partial charge in [-0.1, -0.05) is 41.6 Å². The first-order chi connectivity index (χ1) is 11.3. The van der Waals surface area contributed by atoms with Gasteiger partial charge in [0.15, 0.2) is 5.13 Å². The van der Waals surface area contributed by atoms with Gasteiger partial charge in [0, 0.05) is 17.0 Å². The maximum absolute atomic E-state index is 11.9. The number of fused-ring (bicyclic) bond motifs is 1. The van der Waals surface area contributed by atoms with Crippen molar-refractivity contribution in [1.29, 1.82) is 0 Å². The summed E-state index contributed by atoms with van der Waals surface area (Å²) in [7, 11) is 0. The van der Waals surface area contributed by atoms with E-state index in [9.17, 15) is 4.79 Å². The van der Waals surface area contributed by atoms with E-state index in [1.165, 1.54) is 29.0 Å². The molecule has 1 amide bonds. The number of aromatic nitrogens is 2. The molecule has 0 spiro atoms. The zero-order valence-electron chi connectivity index (χ0n) is 11.9. The van der Waals surface area contributed by atoms with Gasteiger partial charge in [-0.15, -0.1) is 11.3 Å². The smallest absolute Gasteiger partial charge is 0.296 e. The molecular weight excluding hydrogens is 310 g/mol. The zero-order chi connectivity index (χ0) is 15.6. The first kappa shape index (κ1) is 13.7. The summed E-state index contributed by atoms with van der Waals surface area (Å²) in [4.78, 5) is 16.4. The summed E-state index contributed by atoms with van der Waals surface area (Å²) in [5.74, 6) is -0.200. The average Bonchev–Trinajstić information content (AvgIpc) is 3.26. The van der Waals surface area contributed by atoms with Crippen LogP contribution < -0.4 is 5.32 Å². The molecule has 0 saturated heterocycles. The number of benzene rings is 2. The maximum Gasteiger partial charge on any atom is 0.296 e. The fraction of sp³-hybridized carbons (Fsp3) is 0.